The number of benzene rings is 1. The van der Waals surface area contributed by atoms with E-state index in [1.54, 1.807) is 19.1 Å². The van der Waals surface area contributed by atoms with Crippen molar-refractivity contribution in [3.05, 3.63) is 51.4 Å². The van der Waals surface area contributed by atoms with Crippen LogP contribution in [0, 0.1) is 25.2 Å². The summed E-state index contributed by atoms with van der Waals surface area (Å²) in [5.74, 6) is 0.525. The first kappa shape index (κ1) is 18.4. The molecule has 0 amide bonds. The molecule has 4 N–H and O–H groups in total. The molecule has 0 saturated heterocycles. The van der Waals surface area contributed by atoms with Gasteiger partial charge in [0.15, 0.2) is 0 Å². The standard InChI is InChI=1S/C18H17BN4O4/c1-9-4-5-14(27-3)10(2)16(9)23-17(21)13(7-20)15-12(18(23)24)6-11(8-22-15)19(25)26/h4-6,8,25-26H,21H2,1-3H3. The SMILES string of the molecule is COc1ccc(C)c(-n2c(N)c(C#N)c3ncc(B(O)O)cc3c2=O)c1C. The van der Waals surface area contributed by atoms with E-state index in [1.165, 1.54) is 23.9 Å². The molecule has 1 aromatic carbocycles. The van der Waals surface area contributed by atoms with E-state index in [2.05, 4.69) is 4.98 Å². The number of rotatable bonds is 3. The van der Waals surface area contributed by atoms with Gasteiger partial charge >= 0.3 is 7.12 Å². The maximum atomic E-state index is 13.2. The Hall–Kier alpha value is -3.35. The highest BCUT2D eigenvalue weighted by atomic mass is 16.5. The van der Waals surface area contributed by atoms with E-state index >= 15 is 0 Å². The number of nitrogens with two attached hydrogens (primary N) is 1. The minimum absolute atomic E-state index is 0.0326. The predicted molar refractivity (Wildman–Crippen MR) is 102 cm³/mol. The average molecular weight is 364 g/mol. The van der Waals surface area contributed by atoms with Gasteiger partial charge in [-0.25, -0.2) is 0 Å². The predicted octanol–water partition coefficient (Wildman–Crippen LogP) is 0.145. The summed E-state index contributed by atoms with van der Waals surface area (Å²) in [6.07, 6.45) is 1.19. The zero-order chi connectivity index (χ0) is 19.9. The average Bonchev–Trinajstić information content (AvgIpc) is 2.64. The van der Waals surface area contributed by atoms with Crippen LogP contribution in [0.3, 0.4) is 0 Å². The van der Waals surface area contributed by atoms with Gasteiger partial charge in [0.2, 0.25) is 0 Å². The highest BCUT2D eigenvalue weighted by Crippen LogP contribution is 2.30. The Kier molecular flexibility index (Phi) is 4.62. The lowest BCUT2D eigenvalue weighted by molar-refractivity contribution is 0.411. The van der Waals surface area contributed by atoms with Gasteiger partial charge in [-0.15, -0.1) is 0 Å². The molecule has 9 heteroatoms. The topological polar surface area (TPSA) is 134 Å². The van der Waals surface area contributed by atoms with Crippen LogP contribution in [-0.4, -0.2) is 33.8 Å². The van der Waals surface area contributed by atoms with E-state index < -0.39 is 12.7 Å². The minimum Gasteiger partial charge on any atom is -0.496 e. The molecule has 0 aliphatic carbocycles. The first-order valence-electron chi connectivity index (χ1n) is 8.06. The van der Waals surface area contributed by atoms with Crippen LogP contribution in [0.5, 0.6) is 5.75 Å². The molecule has 0 fully saturated rings. The number of ether oxygens (including phenoxy) is 1. The fraction of sp³-hybridized carbons (Fsp3) is 0.167. The van der Waals surface area contributed by atoms with Crippen LogP contribution >= 0.6 is 0 Å². The van der Waals surface area contributed by atoms with E-state index in [4.69, 9.17) is 10.5 Å². The molecule has 0 spiro atoms. The fourth-order valence-corrected chi connectivity index (χ4v) is 3.16. The van der Waals surface area contributed by atoms with Gasteiger partial charge in [0.05, 0.1) is 23.7 Å². The Morgan fingerprint density at radius 2 is 2.04 bits per heavy atom. The number of hydrogen-bond acceptors (Lipinski definition) is 7. The normalized spacial score (nSPS) is 10.7. The Bertz CT molecular complexity index is 1160. The number of methoxy groups -OCH3 is 1. The number of anilines is 1. The summed E-state index contributed by atoms with van der Waals surface area (Å²) in [5.41, 5.74) is 7.79. The van der Waals surface area contributed by atoms with Crippen molar-refractivity contribution >= 4 is 29.3 Å². The number of nitrogens with zero attached hydrogens (tertiary/aromatic N) is 3. The van der Waals surface area contributed by atoms with Gasteiger partial charge < -0.3 is 20.5 Å². The van der Waals surface area contributed by atoms with Gasteiger partial charge in [0.25, 0.3) is 5.56 Å². The number of nitriles is 1. The van der Waals surface area contributed by atoms with Crippen LogP contribution in [0.2, 0.25) is 0 Å². The van der Waals surface area contributed by atoms with Crippen LogP contribution in [0.25, 0.3) is 16.6 Å². The van der Waals surface area contributed by atoms with Crippen molar-refractivity contribution in [2.24, 2.45) is 0 Å². The summed E-state index contributed by atoms with van der Waals surface area (Å²) >= 11 is 0. The molecule has 2 aromatic heterocycles. The fourth-order valence-electron chi connectivity index (χ4n) is 3.16. The zero-order valence-corrected chi connectivity index (χ0v) is 15.0. The van der Waals surface area contributed by atoms with Crippen molar-refractivity contribution < 1.29 is 14.8 Å². The minimum atomic E-state index is -1.79. The van der Waals surface area contributed by atoms with E-state index in [9.17, 15) is 20.1 Å². The second-order valence-electron chi connectivity index (χ2n) is 6.11. The first-order valence-corrected chi connectivity index (χ1v) is 8.06. The first-order chi connectivity index (χ1) is 12.8. The summed E-state index contributed by atoms with van der Waals surface area (Å²) in [7, 11) is -0.272. The Morgan fingerprint density at radius 3 is 2.63 bits per heavy atom. The largest absolute Gasteiger partial charge is 0.496 e. The smallest absolute Gasteiger partial charge is 0.490 e. The molecule has 0 aliphatic rings. The van der Waals surface area contributed by atoms with E-state index in [0.717, 1.165) is 5.56 Å². The van der Waals surface area contributed by atoms with Crippen molar-refractivity contribution in [1.29, 1.82) is 5.26 Å². The van der Waals surface area contributed by atoms with Crippen molar-refractivity contribution in [3.63, 3.8) is 0 Å². The monoisotopic (exact) mass is 364 g/mol. The molecule has 0 atom stereocenters. The van der Waals surface area contributed by atoms with Gasteiger partial charge in [0.1, 0.15) is 23.2 Å². The maximum absolute atomic E-state index is 13.2. The molecule has 0 saturated carbocycles. The van der Waals surface area contributed by atoms with Crippen molar-refractivity contribution in [3.8, 4) is 17.5 Å². The Balaban J connectivity index is 2.52. The second-order valence-corrected chi connectivity index (χ2v) is 6.11. The molecule has 0 bridgehead atoms. The van der Waals surface area contributed by atoms with Crippen LogP contribution in [0.15, 0.2) is 29.2 Å². The molecule has 0 unspecified atom stereocenters. The number of aryl methyl sites for hydroxylation is 1. The summed E-state index contributed by atoms with van der Waals surface area (Å²) in [4.78, 5) is 17.3. The molecule has 8 nitrogen and oxygen atoms in total. The number of hydrogen-bond donors (Lipinski definition) is 3. The third kappa shape index (κ3) is 2.81. The van der Waals surface area contributed by atoms with Gasteiger partial charge in [-0.05, 0) is 31.5 Å². The lowest BCUT2D eigenvalue weighted by Gasteiger charge is -2.19. The van der Waals surface area contributed by atoms with Crippen molar-refractivity contribution in [2.45, 2.75) is 13.8 Å². The highest BCUT2D eigenvalue weighted by molar-refractivity contribution is 6.58. The van der Waals surface area contributed by atoms with Gasteiger partial charge in [0, 0.05) is 17.2 Å². The summed E-state index contributed by atoms with van der Waals surface area (Å²) in [6.45, 7) is 3.60. The van der Waals surface area contributed by atoms with Crippen molar-refractivity contribution in [1.82, 2.24) is 9.55 Å². The number of pyridine rings is 2. The maximum Gasteiger partial charge on any atom is 0.490 e. The molecule has 3 aromatic rings. The summed E-state index contributed by atoms with van der Waals surface area (Å²) in [6, 6.07) is 6.86. The van der Waals surface area contributed by atoms with Crippen LogP contribution in [-0.2, 0) is 0 Å². The van der Waals surface area contributed by atoms with Gasteiger partial charge in [-0.2, -0.15) is 5.26 Å². The summed E-state index contributed by atoms with van der Waals surface area (Å²) < 4.78 is 6.58. The van der Waals surface area contributed by atoms with Crippen LogP contribution in [0.4, 0.5) is 5.82 Å². The van der Waals surface area contributed by atoms with E-state index in [0.29, 0.717) is 17.0 Å². The molecule has 2 heterocycles. The molecular weight excluding hydrogens is 347 g/mol. The van der Waals surface area contributed by atoms with Gasteiger partial charge in [-0.1, -0.05) is 6.07 Å². The lowest BCUT2D eigenvalue weighted by atomic mass is 9.81. The second kappa shape index (κ2) is 6.76. The molecular formula is C18H17BN4O4. The quantitative estimate of drug-likeness (QED) is 0.563. The van der Waals surface area contributed by atoms with Gasteiger partial charge in [-0.3, -0.25) is 14.3 Å². The Morgan fingerprint density at radius 1 is 1.33 bits per heavy atom. The van der Waals surface area contributed by atoms with Crippen molar-refractivity contribution in [2.75, 3.05) is 12.8 Å². The highest BCUT2D eigenvalue weighted by Gasteiger charge is 2.22. The number of aromatic nitrogens is 2. The third-order valence-electron chi connectivity index (χ3n) is 4.51. The molecule has 0 radical (unpaired) electrons. The molecule has 0 aliphatic heterocycles. The zero-order valence-electron chi connectivity index (χ0n) is 15.0. The number of nitrogen functional groups attached to an aromatic ring is 1. The van der Waals surface area contributed by atoms with E-state index in [-0.39, 0.29) is 27.7 Å². The third-order valence-corrected chi connectivity index (χ3v) is 4.51. The summed E-state index contributed by atoms with van der Waals surface area (Å²) in [5, 5.41) is 28.4. The number of fused-ring (bicyclic) bond motifs is 1. The molecule has 27 heavy (non-hydrogen) atoms. The Labute approximate surface area is 155 Å². The lowest BCUT2D eigenvalue weighted by Crippen LogP contribution is -2.32. The molecule has 136 valence electrons. The molecule has 3 rings (SSSR count). The van der Waals surface area contributed by atoms with E-state index in [1.807, 2.05) is 13.0 Å². The van der Waals surface area contributed by atoms with Crippen LogP contribution < -0.4 is 21.5 Å². The van der Waals surface area contributed by atoms with Crippen LogP contribution in [0.1, 0.15) is 16.7 Å².